The van der Waals surface area contributed by atoms with Crippen molar-refractivity contribution in [1.29, 1.82) is 0 Å². The Labute approximate surface area is 152 Å². The maximum absolute atomic E-state index is 12.2. The van der Waals surface area contributed by atoms with Crippen molar-refractivity contribution in [2.24, 2.45) is 0 Å². The first-order valence-corrected chi connectivity index (χ1v) is 8.17. The Bertz CT molecular complexity index is 811. The predicted octanol–water partition coefficient (Wildman–Crippen LogP) is 3.75. The van der Waals surface area contributed by atoms with Crippen LogP contribution in [0.1, 0.15) is 25.0 Å². The molecular weight excluding hydrogens is 332 g/mol. The normalized spacial score (nSPS) is 11.3. The van der Waals surface area contributed by atoms with E-state index in [1.807, 2.05) is 38.1 Å². The van der Waals surface area contributed by atoms with Crippen LogP contribution in [-0.2, 0) is 11.2 Å². The van der Waals surface area contributed by atoms with Gasteiger partial charge in [-0.3, -0.25) is 14.9 Å². The molecule has 2 rings (SSSR count). The molecule has 0 aliphatic heterocycles. The Morgan fingerprint density at radius 2 is 1.85 bits per heavy atom. The quantitative estimate of drug-likeness (QED) is 0.466. The minimum atomic E-state index is -0.467. The first-order chi connectivity index (χ1) is 12.3. The Morgan fingerprint density at radius 3 is 2.46 bits per heavy atom. The topological polar surface area (TPSA) is 81.5 Å². The molecule has 0 aromatic heterocycles. The smallest absolute Gasteiger partial charge is 0.269 e. The van der Waals surface area contributed by atoms with E-state index < -0.39 is 10.5 Å². The van der Waals surface area contributed by atoms with Crippen LogP contribution < -0.4 is 10.1 Å². The number of rotatable bonds is 7. The molecule has 136 valence electrons. The SMILES string of the molecule is COc1ccccc1CC(C)(C)NC(=O)C=Cc1ccc([N+](=O)[O-])cc1. The number of non-ortho nitro benzene ring substituents is 1. The molecule has 0 aliphatic carbocycles. The van der Waals surface area contributed by atoms with Crippen molar-refractivity contribution in [3.63, 3.8) is 0 Å². The van der Waals surface area contributed by atoms with Gasteiger partial charge in [0.25, 0.3) is 5.69 Å². The third kappa shape index (κ3) is 5.44. The van der Waals surface area contributed by atoms with Crippen LogP contribution in [0.4, 0.5) is 5.69 Å². The number of carbonyl (C=O) groups is 1. The van der Waals surface area contributed by atoms with Gasteiger partial charge in [0.05, 0.1) is 12.0 Å². The molecule has 0 atom stereocenters. The highest BCUT2D eigenvalue weighted by Crippen LogP contribution is 2.22. The zero-order chi connectivity index (χ0) is 19.2. The number of ether oxygens (including phenoxy) is 1. The van der Waals surface area contributed by atoms with Gasteiger partial charge in [0.15, 0.2) is 0 Å². The summed E-state index contributed by atoms with van der Waals surface area (Å²) in [6.45, 7) is 3.88. The summed E-state index contributed by atoms with van der Waals surface area (Å²) < 4.78 is 5.35. The monoisotopic (exact) mass is 354 g/mol. The molecule has 0 bridgehead atoms. The van der Waals surface area contributed by atoms with Crippen molar-refractivity contribution >= 4 is 17.7 Å². The summed E-state index contributed by atoms with van der Waals surface area (Å²) >= 11 is 0. The van der Waals surface area contributed by atoms with Crippen molar-refractivity contribution in [1.82, 2.24) is 5.32 Å². The standard InChI is InChI=1S/C20H22N2O4/c1-20(2,14-16-6-4-5-7-18(16)26-3)21-19(23)13-10-15-8-11-17(12-9-15)22(24)25/h4-13H,14H2,1-3H3,(H,21,23). The van der Waals surface area contributed by atoms with Gasteiger partial charge >= 0.3 is 0 Å². The van der Waals surface area contributed by atoms with E-state index in [-0.39, 0.29) is 11.6 Å². The predicted molar refractivity (Wildman–Crippen MR) is 101 cm³/mol. The van der Waals surface area contributed by atoms with Gasteiger partial charge in [-0.05, 0) is 55.7 Å². The number of hydrogen-bond donors (Lipinski definition) is 1. The zero-order valence-electron chi connectivity index (χ0n) is 15.1. The number of nitro groups is 1. The van der Waals surface area contributed by atoms with Crippen molar-refractivity contribution in [3.05, 3.63) is 75.8 Å². The molecule has 0 saturated carbocycles. The molecule has 0 unspecified atom stereocenters. The van der Waals surface area contributed by atoms with E-state index in [0.717, 1.165) is 11.3 Å². The minimum Gasteiger partial charge on any atom is -0.496 e. The first kappa shape index (κ1) is 19.2. The lowest BCUT2D eigenvalue weighted by molar-refractivity contribution is -0.384. The van der Waals surface area contributed by atoms with Gasteiger partial charge in [-0.25, -0.2) is 0 Å². The number of nitro benzene ring substituents is 1. The number of methoxy groups -OCH3 is 1. The van der Waals surface area contributed by atoms with E-state index in [9.17, 15) is 14.9 Å². The average Bonchev–Trinajstić information content (AvgIpc) is 2.60. The molecule has 26 heavy (non-hydrogen) atoms. The summed E-state index contributed by atoms with van der Waals surface area (Å²) in [5.41, 5.74) is 1.28. The van der Waals surface area contributed by atoms with Crippen LogP contribution in [0.15, 0.2) is 54.6 Å². The van der Waals surface area contributed by atoms with E-state index >= 15 is 0 Å². The molecule has 0 radical (unpaired) electrons. The van der Waals surface area contributed by atoms with Gasteiger partial charge in [0.2, 0.25) is 5.91 Å². The first-order valence-electron chi connectivity index (χ1n) is 8.17. The molecule has 6 nitrogen and oxygen atoms in total. The summed E-state index contributed by atoms with van der Waals surface area (Å²) in [7, 11) is 1.62. The molecule has 0 spiro atoms. The van der Waals surface area contributed by atoms with Crippen molar-refractivity contribution in [2.45, 2.75) is 25.8 Å². The maximum atomic E-state index is 12.2. The van der Waals surface area contributed by atoms with Gasteiger partial charge in [0.1, 0.15) is 5.75 Å². The van der Waals surface area contributed by atoms with Gasteiger partial charge in [-0.15, -0.1) is 0 Å². The fraction of sp³-hybridized carbons (Fsp3) is 0.250. The second-order valence-corrected chi connectivity index (χ2v) is 6.54. The highest BCUT2D eigenvalue weighted by molar-refractivity contribution is 5.92. The Morgan fingerprint density at radius 1 is 1.19 bits per heavy atom. The van der Waals surface area contributed by atoms with Crippen LogP contribution in [0, 0.1) is 10.1 Å². The molecule has 0 fully saturated rings. The summed E-state index contributed by atoms with van der Waals surface area (Å²) in [4.78, 5) is 22.4. The average molecular weight is 354 g/mol. The lowest BCUT2D eigenvalue weighted by atomic mass is 9.94. The third-order valence-corrected chi connectivity index (χ3v) is 3.82. The van der Waals surface area contributed by atoms with E-state index in [4.69, 9.17) is 4.74 Å². The lowest BCUT2D eigenvalue weighted by Crippen LogP contribution is -2.44. The fourth-order valence-electron chi connectivity index (χ4n) is 2.62. The molecule has 1 N–H and O–H groups in total. The van der Waals surface area contributed by atoms with Crippen molar-refractivity contribution in [3.8, 4) is 5.75 Å². The molecule has 6 heteroatoms. The van der Waals surface area contributed by atoms with Crippen molar-refractivity contribution < 1.29 is 14.5 Å². The molecule has 0 heterocycles. The van der Waals surface area contributed by atoms with Crippen LogP contribution >= 0.6 is 0 Å². The molecular formula is C20H22N2O4. The summed E-state index contributed by atoms with van der Waals surface area (Å²) in [5, 5.41) is 13.6. The third-order valence-electron chi connectivity index (χ3n) is 3.82. The van der Waals surface area contributed by atoms with Gasteiger partial charge in [-0.2, -0.15) is 0 Å². The fourth-order valence-corrected chi connectivity index (χ4v) is 2.62. The van der Waals surface area contributed by atoms with E-state index in [2.05, 4.69) is 5.32 Å². The number of nitrogens with zero attached hydrogens (tertiary/aromatic N) is 1. The highest BCUT2D eigenvalue weighted by atomic mass is 16.6. The highest BCUT2D eigenvalue weighted by Gasteiger charge is 2.21. The molecule has 2 aromatic rings. The number of para-hydroxylation sites is 1. The van der Waals surface area contributed by atoms with Crippen LogP contribution in [-0.4, -0.2) is 23.5 Å². The van der Waals surface area contributed by atoms with Crippen LogP contribution in [0.3, 0.4) is 0 Å². The zero-order valence-corrected chi connectivity index (χ0v) is 15.1. The van der Waals surface area contributed by atoms with E-state index in [1.165, 1.54) is 18.2 Å². The molecule has 1 amide bonds. The summed E-state index contributed by atoms with van der Waals surface area (Å²) in [5.74, 6) is 0.555. The van der Waals surface area contributed by atoms with Gasteiger partial charge < -0.3 is 10.1 Å². The van der Waals surface area contributed by atoms with Gasteiger partial charge in [-0.1, -0.05) is 18.2 Å². The number of nitrogens with one attached hydrogen (secondary N) is 1. The second-order valence-electron chi connectivity index (χ2n) is 6.54. The molecule has 0 aliphatic rings. The van der Waals surface area contributed by atoms with Crippen molar-refractivity contribution in [2.75, 3.05) is 7.11 Å². The van der Waals surface area contributed by atoms with Crippen LogP contribution in [0.2, 0.25) is 0 Å². The summed E-state index contributed by atoms with van der Waals surface area (Å²) in [6.07, 6.45) is 3.66. The molecule has 0 saturated heterocycles. The number of amides is 1. The van der Waals surface area contributed by atoms with Crippen LogP contribution in [0.5, 0.6) is 5.75 Å². The van der Waals surface area contributed by atoms with Gasteiger partial charge in [0, 0.05) is 23.7 Å². The Hall–Kier alpha value is -3.15. The Balaban J connectivity index is 2.00. The lowest BCUT2D eigenvalue weighted by Gasteiger charge is -2.26. The van der Waals surface area contributed by atoms with Crippen LogP contribution in [0.25, 0.3) is 6.08 Å². The maximum Gasteiger partial charge on any atom is 0.269 e. The van der Waals surface area contributed by atoms with E-state index in [1.54, 1.807) is 25.3 Å². The second kappa shape index (κ2) is 8.29. The van der Waals surface area contributed by atoms with E-state index in [0.29, 0.717) is 12.0 Å². The number of hydrogen-bond acceptors (Lipinski definition) is 4. The molecule has 2 aromatic carbocycles. The number of carbonyl (C=O) groups excluding carboxylic acids is 1. The number of benzene rings is 2. The minimum absolute atomic E-state index is 0.0181. The summed E-state index contributed by atoms with van der Waals surface area (Å²) in [6, 6.07) is 13.7. The largest absolute Gasteiger partial charge is 0.496 e. The Kier molecular flexibility index (Phi) is 6.11.